The second-order valence-corrected chi connectivity index (χ2v) is 6.84. The number of aryl methyl sites for hydroxylation is 1. The molecule has 2 N–H and O–H groups in total. The summed E-state index contributed by atoms with van der Waals surface area (Å²) < 4.78 is 18.8. The second kappa shape index (κ2) is 7.81. The molecule has 0 unspecified atom stereocenters. The fourth-order valence-corrected chi connectivity index (χ4v) is 3.02. The number of halogens is 1. The highest BCUT2D eigenvalue weighted by molar-refractivity contribution is 7.80. The number of thiocarbonyl (C=S) groups is 1. The molecule has 0 atom stereocenters. The third-order valence-corrected chi connectivity index (χ3v) is 4.56. The predicted molar refractivity (Wildman–Crippen MR) is 114 cm³/mol. The quantitative estimate of drug-likeness (QED) is 0.466. The summed E-state index contributed by atoms with van der Waals surface area (Å²) in [5.41, 5.74) is 4.23. The van der Waals surface area contributed by atoms with E-state index in [-0.39, 0.29) is 5.11 Å². The lowest BCUT2D eigenvalue weighted by Crippen LogP contribution is -2.34. The van der Waals surface area contributed by atoms with Gasteiger partial charge in [-0.1, -0.05) is 18.2 Å². The maximum atomic E-state index is 13.0. The number of para-hydroxylation sites is 2. The van der Waals surface area contributed by atoms with Crippen LogP contribution in [0.4, 0.5) is 10.1 Å². The van der Waals surface area contributed by atoms with E-state index in [1.165, 1.54) is 24.3 Å². The number of carbonyl (C=O) groups is 1. The van der Waals surface area contributed by atoms with Crippen LogP contribution in [0.2, 0.25) is 0 Å². The van der Waals surface area contributed by atoms with E-state index in [1.54, 1.807) is 0 Å². The molecule has 7 heteroatoms. The van der Waals surface area contributed by atoms with E-state index in [4.69, 9.17) is 16.6 Å². The van der Waals surface area contributed by atoms with Gasteiger partial charge in [0.2, 0.25) is 5.89 Å². The standard InChI is InChI=1S/C22H16FN3O2S/c1-13-6-7-15(21-24-17-4-2-3-5-19(17)28-21)12-18(13)25-22(29)26-20(27)14-8-10-16(23)11-9-14/h2-12H,1H3,(H2,25,26,27,29). The van der Waals surface area contributed by atoms with Gasteiger partial charge in [-0.2, -0.15) is 0 Å². The topological polar surface area (TPSA) is 67.2 Å². The summed E-state index contributed by atoms with van der Waals surface area (Å²) in [6, 6.07) is 18.5. The van der Waals surface area contributed by atoms with Crippen molar-refractivity contribution in [3.05, 3.63) is 83.7 Å². The Balaban J connectivity index is 1.52. The molecule has 0 aliphatic carbocycles. The Morgan fingerprint density at radius 3 is 2.59 bits per heavy atom. The lowest BCUT2D eigenvalue weighted by Gasteiger charge is -2.12. The first kappa shape index (κ1) is 18.8. The Bertz CT molecular complexity index is 1190. The van der Waals surface area contributed by atoms with Crippen molar-refractivity contribution < 1.29 is 13.6 Å². The predicted octanol–water partition coefficient (Wildman–Crippen LogP) is 5.07. The zero-order valence-electron chi connectivity index (χ0n) is 15.4. The molecule has 0 bridgehead atoms. The minimum Gasteiger partial charge on any atom is -0.436 e. The fraction of sp³-hybridized carbons (Fsp3) is 0.0455. The molecule has 1 amide bonds. The Hall–Kier alpha value is -3.58. The molecule has 0 aliphatic rings. The van der Waals surface area contributed by atoms with E-state index in [9.17, 15) is 9.18 Å². The minimum atomic E-state index is -0.421. The summed E-state index contributed by atoms with van der Waals surface area (Å²) in [4.78, 5) is 16.7. The van der Waals surface area contributed by atoms with Crippen molar-refractivity contribution in [2.75, 3.05) is 5.32 Å². The van der Waals surface area contributed by atoms with Crippen LogP contribution in [-0.4, -0.2) is 16.0 Å². The number of anilines is 1. The molecule has 0 aliphatic heterocycles. The molecule has 5 nitrogen and oxygen atoms in total. The SMILES string of the molecule is Cc1ccc(-c2nc3ccccc3o2)cc1NC(=S)NC(=O)c1ccc(F)cc1. The molecule has 3 aromatic carbocycles. The Morgan fingerprint density at radius 2 is 1.83 bits per heavy atom. The van der Waals surface area contributed by atoms with Crippen LogP contribution in [0.1, 0.15) is 15.9 Å². The number of hydrogen-bond donors (Lipinski definition) is 2. The highest BCUT2D eigenvalue weighted by atomic mass is 32.1. The maximum Gasteiger partial charge on any atom is 0.257 e. The lowest BCUT2D eigenvalue weighted by molar-refractivity contribution is 0.0977. The van der Waals surface area contributed by atoms with Crippen molar-refractivity contribution in [3.63, 3.8) is 0 Å². The maximum absolute atomic E-state index is 13.0. The molecule has 1 aromatic heterocycles. The van der Waals surface area contributed by atoms with Crippen LogP contribution in [0.15, 0.2) is 71.1 Å². The molecular weight excluding hydrogens is 389 g/mol. The van der Waals surface area contributed by atoms with Gasteiger partial charge in [0.05, 0.1) is 0 Å². The van der Waals surface area contributed by atoms with Gasteiger partial charge in [-0.15, -0.1) is 0 Å². The van der Waals surface area contributed by atoms with E-state index < -0.39 is 11.7 Å². The number of rotatable bonds is 3. The van der Waals surface area contributed by atoms with Crippen LogP contribution in [0, 0.1) is 12.7 Å². The Kier molecular flexibility index (Phi) is 5.05. The molecule has 0 spiro atoms. The molecule has 1 heterocycles. The zero-order chi connectivity index (χ0) is 20.4. The Morgan fingerprint density at radius 1 is 1.07 bits per heavy atom. The number of amides is 1. The van der Waals surface area contributed by atoms with Crippen molar-refractivity contribution in [1.82, 2.24) is 10.3 Å². The molecule has 0 saturated heterocycles. The number of benzene rings is 3. The van der Waals surface area contributed by atoms with Gasteiger partial charge in [-0.05, 0) is 73.2 Å². The van der Waals surface area contributed by atoms with Gasteiger partial charge in [0.1, 0.15) is 11.3 Å². The minimum absolute atomic E-state index is 0.136. The molecule has 29 heavy (non-hydrogen) atoms. The summed E-state index contributed by atoms with van der Waals surface area (Å²) in [5, 5.41) is 5.75. The van der Waals surface area contributed by atoms with E-state index in [0.29, 0.717) is 22.7 Å². The van der Waals surface area contributed by atoms with Crippen LogP contribution in [-0.2, 0) is 0 Å². The van der Waals surface area contributed by atoms with Gasteiger partial charge in [0.25, 0.3) is 5.91 Å². The van der Waals surface area contributed by atoms with E-state index >= 15 is 0 Å². The molecule has 0 saturated carbocycles. The number of hydrogen-bond acceptors (Lipinski definition) is 4. The van der Waals surface area contributed by atoms with E-state index in [1.807, 2.05) is 49.4 Å². The fourth-order valence-electron chi connectivity index (χ4n) is 2.82. The smallest absolute Gasteiger partial charge is 0.257 e. The molecule has 4 aromatic rings. The third kappa shape index (κ3) is 4.14. The van der Waals surface area contributed by atoms with Crippen LogP contribution >= 0.6 is 12.2 Å². The van der Waals surface area contributed by atoms with Crippen LogP contribution in [0.3, 0.4) is 0 Å². The Labute approximate surface area is 171 Å². The number of nitrogens with zero attached hydrogens (tertiary/aromatic N) is 1. The number of nitrogens with one attached hydrogen (secondary N) is 2. The largest absolute Gasteiger partial charge is 0.436 e. The molecule has 4 rings (SSSR count). The number of aromatic nitrogens is 1. The van der Waals surface area contributed by atoms with Crippen LogP contribution < -0.4 is 10.6 Å². The molecule has 0 radical (unpaired) electrons. The highest BCUT2D eigenvalue weighted by Crippen LogP contribution is 2.27. The van der Waals surface area contributed by atoms with Crippen molar-refractivity contribution in [1.29, 1.82) is 0 Å². The monoisotopic (exact) mass is 405 g/mol. The van der Waals surface area contributed by atoms with Crippen molar-refractivity contribution in [2.45, 2.75) is 6.92 Å². The van der Waals surface area contributed by atoms with Crippen LogP contribution in [0.5, 0.6) is 0 Å². The number of fused-ring (bicyclic) bond motifs is 1. The summed E-state index contributed by atoms with van der Waals surface area (Å²) in [5.74, 6) is -0.334. The first-order valence-electron chi connectivity index (χ1n) is 8.84. The van der Waals surface area contributed by atoms with Crippen molar-refractivity contribution >= 4 is 40.0 Å². The summed E-state index contributed by atoms with van der Waals surface area (Å²) in [7, 11) is 0. The third-order valence-electron chi connectivity index (χ3n) is 4.36. The van der Waals surface area contributed by atoms with Gasteiger partial charge >= 0.3 is 0 Å². The van der Waals surface area contributed by atoms with Gasteiger partial charge in [0.15, 0.2) is 10.7 Å². The first-order chi connectivity index (χ1) is 14.0. The number of carbonyl (C=O) groups excluding carboxylic acids is 1. The van der Waals surface area contributed by atoms with Gasteiger partial charge in [-0.25, -0.2) is 9.37 Å². The van der Waals surface area contributed by atoms with Gasteiger partial charge in [0, 0.05) is 16.8 Å². The first-order valence-corrected chi connectivity index (χ1v) is 9.25. The molecule has 144 valence electrons. The van der Waals surface area contributed by atoms with Gasteiger partial charge in [-0.3, -0.25) is 10.1 Å². The van der Waals surface area contributed by atoms with Crippen molar-refractivity contribution in [3.8, 4) is 11.5 Å². The van der Waals surface area contributed by atoms with Crippen LogP contribution in [0.25, 0.3) is 22.6 Å². The lowest BCUT2D eigenvalue weighted by atomic mass is 10.1. The summed E-state index contributed by atoms with van der Waals surface area (Å²) in [6.45, 7) is 1.92. The highest BCUT2D eigenvalue weighted by Gasteiger charge is 2.12. The van der Waals surface area contributed by atoms with E-state index in [2.05, 4.69) is 15.6 Å². The summed E-state index contributed by atoms with van der Waals surface area (Å²) >= 11 is 5.25. The summed E-state index contributed by atoms with van der Waals surface area (Å²) in [6.07, 6.45) is 0. The number of oxazole rings is 1. The average molecular weight is 405 g/mol. The second-order valence-electron chi connectivity index (χ2n) is 6.43. The average Bonchev–Trinajstić information content (AvgIpc) is 3.14. The normalized spacial score (nSPS) is 10.7. The van der Waals surface area contributed by atoms with Gasteiger partial charge < -0.3 is 9.73 Å². The van der Waals surface area contributed by atoms with E-state index in [0.717, 1.165) is 16.6 Å². The molecular formula is C22H16FN3O2S. The molecule has 0 fully saturated rings. The zero-order valence-corrected chi connectivity index (χ0v) is 16.2. The van der Waals surface area contributed by atoms with Crippen molar-refractivity contribution in [2.24, 2.45) is 0 Å².